The van der Waals surface area contributed by atoms with Crippen molar-refractivity contribution in [3.05, 3.63) is 95.3 Å². The molecule has 0 spiro atoms. The number of aryl methyl sites for hydroxylation is 1. The summed E-state index contributed by atoms with van der Waals surface area (Å²) in [7, 11) is 0. The topological polar surface area (TPSA) is 71.1 Å². The zero-order valence-electron chi connectivity index (χ0n) is 15.3. The van der Waals surface area contributed by atoms with Gasteiger partial charge in [-0.3, -0.25) is 14.6 Å². The fraction of sp³-hybridized carbons (Fsp3) is 0.136. The lowest BCUT2D eigenvalue weighted by molar-refractivity contribution is 0.0939. The number of carbonyl (C=O) groups is 2. The van der Waals surface area contributed by atoms with Gasteiger partial charge < -0.3 is 10.6 Å². The van der Waals surface area contributed by atoms with Crippen molar-refractivity contribution < 1.29 is 9.59 Å². The number of benzene rings is 2. The Labute approximate surface area is 158 Å². The van der Waals surface area contributed by atoms with Crippen molar-refractivity contribution in [3.8, 4) is 0 Å². The van der Waals surface area contributed by atoms with Gasteiger partial charge in [-0.25, -0.2) is 0 Å². The quantitative estimate of drug-likeness (QED) is 0.719. The molecule has 0 saturated carbocycles. The van der Waals surface area contributed by atoms with E-state index in [-0.39, 0.29) is 17.9 Å². The Kier molecular flexibility index (Phi) is 5.61. The van der Waals surface area contributed by atoms with E-state index in [0.29, 0.717) is 11.1 Å². The molecular weight excluding hydrogens is 338 g/mol. The number of hydrogen-bond acceptors (Lipinski definition) is 3. The predicted octanol–water partition coefficient (Wildman–Crippen LogP) is 4.13. The SMILES string of the molecule is Cc1ccccc1NC(=O)c1cncc(C(=O)NC(C)c2ccccc2)c1. The minimum absolute atomic E-state index is 0.150. The highest BCUT2D eigenvalue weighted by Crippen LogP contribution is 2.16. The zero-order chi connectivity index (χ0) is 19.2. The summed E-state index contributed by atoms with van der Waals surface area (Å²) in [6.45, 7) is 3.83. The minimum atomic E-state index is -0.303. The Bertz CT molecular complexity index is 955. The summed E-state index contributed by atoms with van der Waals surface area (Å²) in [6, 6.07) is 18.6. The molecule has 0 aliphatic rings. The van der Waals surface area contributed by atoms with Crippen molar-refractivity contribution in [1.82, 2.24) is 10.3 Å². The van der Waals surface area contributed by atoms with Crippen molar-refractivity contribution >= 4 is 17.5 Å². The van der Waals surface area contributed by atoms with Gasteiger partial charge in [0, 0.05) is 18.1 Å². The number of amides is 2. The maximum atomic E-state index is 12.5. The van der Waals surface area contributed by atoms with Gasteiger partial charge in [0.05, 0.1) is 17.2 Å². The molecule has 27 heavy (non-hydrogen) atoms. The molecule has 0 aliphatic carbocycles. The van der Waals surface area contributed by atoms with Crippen LogP contribution in [0.4, 0.5) is 5.69 Å². The van der Waals surface area contributed by atoms with Crippen molar-refractivity contribution in [2.45, 2.75) is 19.9 Å². The first-order valence-electron chi connectivity index (χ1n) is 8.72. The third kappa shape index (κ3) is 4.58. The number of nitrogens with one attached hydrogen (secondary N) is 2. The molecule has 5 heteroatoms. The molecule has 2 aromatic carbocycles. The maximum Gasteiger partial charge on any atom is 0.257 e. The number of carbonyl (C=O) groups excluding carboxylic acids is 2. The number of aromatic nitrogens is 1. The highest BCUT2D eigenvalue weighted by atomic mass is 16.2. The molecule has 0 radical (unpaired) electrons. The second-order valence-electron chi connectivity index (χ2n) is 6.34. The third-order valence-corrected chi connectivity index (χ3v) is 4.30. The molecule has 0 saturated heterocycles. The summed E-state index contributed by atoms with van der Waals surface area (Å²) in [5.41, 5.74) is 3.38. The lowest BCUT2D eigenvalue weighted by Crippen LogP contribution is -2.27. The van der Waals surface area contributed by atoms with Gasteiger partial charge in [-0.05, 0) is 37.1 Å². The summed E-state index contributed by atoms with van der Waals surface area (Å²) in [4.78, 5) is 29.1. The third-order valence-electron chi connectivity index (χ3n) is 4.30. The van der Waals surface area contributed by atoms with Gasteiger partial charge in [0.15, 0.2) is 0 Å². The first kappa shape index (κ1) is 18.3. The molecule has 3 rings (SSSR count). The van der Waals surface area contributed by atoms with E-state index in [4.69, 9.17) is 0 Å². The van der Waals surface area contributed by atoms with Gasteiger partial charge >= 0.3 is 0 Å². The van der Waals surface area contributed by atoms with E-state index in [1.807, 2.05) is 68.4 Å². The van der Waals surface area contributed by atoms with E-state index >= 15 is 0 Å². The fourth-order valence-corrected chi connectivity index (χ4v) is 2.70. The van der Waals surface area contributed by atoms with Crippen LogP contribution in [0.15, 0.2) is 73.1 Å². The van der Waals surface area contributed by atoms with Gasteiger partial charge in [-0.2, -0.15) is 0 Å². The summed E-state index contributed by atoms with van der Waals surface area (Å²) in [6.07, 6.45) is 2.91. The first-order chi connectivity index (χ1) is 13.0. The van der Waals surface area contributed by atoms with Crippen molar-refractivity contribution in [3.63, 3.8) is 0 Å². The molecule has 136 valence electrons. The van der Waals surface area contributed by atoms with Gasteiger partial charge in [0.1, 0.15) is 0 Å². The number of pyridine rings is 1. The highest BCUT2D eigenvalue weighted by molar-refractivity contribution is 6.06. The summed E-state index contributed by atoms with van der Waals surface area (Å²) < 4.78 is 0. The van der Waals surface area contributed by atoms with E-state index in [1.54, 1.807) is 6.07 Å². The Morgan fingerprint density at radius 2 is 1.52 bits per heavy atom. The zero-order valence-corrected chi connectivity index (χ0v) is 15.3. The second kappa shape index (κ2) is 8.27. The van der Waals surface area contributed by atoms with Gasteiger partial charge in [0.25, 0.3) is 11.8 Å². The van der Waals surface area contributed by atoms with Crippen LogP contribution in [0.1, 0.15) is 44.8 Å². The average Bonchev–Trinajstić information content (AvgIpc) is 2.70. The Morgan fingerprint density at radius 1 is 0.889 bits per heavy atom. The van der Waals surface area contributed by atoms with E-state index in [9.17, 15) is 9.59 Å². The molecule has 0 bridgehead atoms. The lowest BCUT2D eigenvalue weighted by Gasteiger charge is -2.14. The fourth-order valence-electron chi connectivity index (χ4n) is 2.70. The molecule has 1 heterocycles. The van der Waals surface area contributed by atoms with Gasteiger partial charge in [-0.15, -0.1) is 0 Å². The Balaban J connectivity index is 1.72. The van der Waals surface area contributed by atoms with E-state index < -0.39 is 0 Å². The van der Waals surface area contributed by atoms with E-state index in [1.165, 1.54) is 12.4 Å². The van der Waals surface area contributed by atoms with Crippen LogP contribution in [0.3, 0.4) is 0 Å². The second-order valence-corrected chi connectivity index (χ2v) is 6.34. The van der Waals surface area contributed by atoms with Crippen LogP contribution in [0.25, 0.3) is 0 Å². The largest absolute Gasteiger partial charge is 0.345 e. The van der Waals surface area contributed by atoms with Crippen LogP contribution in [0.5, 0.6) is 0 Å². The molecule has 1 atom stereocenters. The van der Waals surface area contributed by atoms with Crippen LogP contribution in [-0.2, 0) is 0 Å². The van der Waals surface area contributed by atoms with Crippen LogP contribution in [0, 0.1) is 6.92 Å². The van der Waals surface area contributed by atoms with E-state index in [0.717, 1.165) is 16.8 Å². The minimum Gasteiger partial charge on any atom is -0.345 e. The standard InChI is InChI=1S/C22H21N3O2/c1-15-8-6-7-11-20(15)25-22(27)19-12-18(13-23-14-19)21(26)24-16(2)17-9-4-3-5-10-17/h3-14,16H,1-2H3,(H,24,26)(H,25,27). The van der Waals surface area contributed by atoms with Crippen molar-refractivity contribution in [1.29, 1.82) is 0 Å². The highest BCUT2D eigenvalue weighted by Gasteiger charge is 2.14. The summed E-state index contributed by atoms with van der Waals surface area (Å²) >= 11 is 0. The van der Waals surface area contributed by atoms with Gasteiger partial charge in [-0.1, -0.05) is 48.5 Å². The number of nitrogens with zero attached hydrogens (tertiary/aromatic N) is 1. The molecule has 1 unspecified atom stereocenters. The Morgan fingerprint density at radius 3 is 2.22 bits per heavy atom. The number of rotatable bonds is 5. The van der Waals surface area contributed by atoms with Crippen LogP contribution in [-0.4, -0.2) is 16.8 Å². The van der Waals surface area contributed by atoms with E-state index in [2.05, 4.69) is 15.6 Å². The molecule has 2 N–H and O–H groups in total. The normalized spacial score (nSPS) is 11.5. The summed E-state index contributed by atoms with van der Waals surface area (Å²) in [5.74, 6) is -0.577. The molecule has 3 aromatic rings. The molecule has 0 fully saturated rings. The average molecular weight is 359 g/mol. The molecule has 1 aromatic heterocycles. The molecule has 2 amide bonds. The van der Waals surface area contributed by atoms with Crippen LogP contribution >= 0.6 is 0 Å². The first-order valence-corrected chi connectivity index (χ1v) is 8.72. The number of hydrogen-bond donors (Lipinski definition) is 2. The monoisotopic (exact) mass is 359 g/mol. The molecule has 0 aliphatic heterocycles. The van der Waals surface area contributed by atoms with Crippen LogP contribution in [0.2, 0.25) is 0 Å². The van der Waals surface area contributed by atoms with Crippen molar-refractivity contribution in [2.24, 2.45) is 0 Å². The molecule has 5 nitrogen and oxygen atoms in total. The lowest BCUT2D eigenvalue weighted by atomic mass is 10.1. The van der Waals surface area contributed by atoms with Crippen LogP contribution < -0.4 is 10.6 Å². The maximum absolute atomic E-state index is 12.5. The summed E-state index contributed by atoms with van der Waals surface area (Å²) in [5, 5.41) is 5.78. The smallest absolute Gasteiger partial charge is 0.257 e. The number of para-hydroxylation sites is 1. The predicted molar refractivity (Wildman–Crippen MR) is 106 cm³/mol. The number of anilines is 1. The van der Waals surface area contributed by atoms with Crippen molar-refractivity contribution in [2.75, 3.05) is 5.32 Å². The Hall–Kier alpha value is -3.47. The molecular formula is C22H21N3O2. The van der Waals surface area contributed by atoms with Gasteiger partial charge in [0.2, 0.25) is 0 Å².